The summed E-state index contributed by atoms with van der Waals surface area (Å²) < 4.78 is 32.1. The predicted octanol–water partition coefficient (Wildman–Crippen LogP) is 4.15. The lowest BCUT2D eigenvalue weighted by Crippen LogP contribution is -2.44. The molecule has 0 bridgehead atoms. The van der Waals surface area contributed by atoms with Crippen molar-refractivity contribution in [3.63, 3.8) is 0 Å². The standard InChI is InChI=1S/C20H18F2INO3/c21-17-7-6-14(10-18(17)22)8-15(11-23)19(25)24-16(12-27-20(24)26)9-13-4-2-1-3-5-13/h1-7,10,15-16H,8-9,11-12H2. The van der Waals surface area contributed by atoms with Gasteiger partial charge in [-0.1, -0.05) is 59.0 Å². The van der Waals surface area contributed by atoms with Crippen LogP contribution in [-0.2, 0) is 22.4 Å². The number of amides is 2. The van der Waals surface area contributed by atoms with E-state index in [0.717, 1.165) is 17.7 Å². The van der Waals surface area contributed by atoms with Crippen LogP contribution in [-0.4, -0.2) is 34.0 Å². The van der Waals surface area contributed by atoms with E-state index in [1.807, 2.05) is 30.3 Å². The van der Waals surface area contributed by atoms with E-state index in [0.29, 0.717) is 16.4 Å². The molecule has 4 nitrogen and oxygen atoms in total. The molecule has 2 unspecified atom stereocenters. The zero-order valence-corrected chi connectivity index (χ0v) is 16.6. The Morgan fingerprint density at radius 3 is 2.56 bits per heavy atom. The van der Waals surface area contributed by atoms with E-state index in [9.17, 15) is 18.4 Å². The molecule has 0 N–H and O–H groups in total. The summed E-state index contributed by atoms with van der Waals surface area (Å²) in [6, 6.07) is 12.8. The Morgan fingerprint density at radius 1 is 1.15 bits per heavy atom. The van der Waals surface area contributed by atoms with Crippen LogP contribution in [0.1, 0.15) is 11.1 Å². The van der Waals surface area contributed by atoms with Crippen molar-refractivity contribution in [2.45, 2.75) is 18.9 Å². The Labute approximate surface area is 169 Å². The number of rotatable bonds is 6. The van der Waals surface area contributed by atoms with Crippen LogP contribution in [0, 0.1) is 17.6 Å². The SMILES string of the molecule is O=C1OCC(Cc2ccccc2)N1C(=O)C(CI)Cc1ccc(F)c(F)c1. The van der Waals surface area contributed by atoms with Crippen LogP contribution in [0.4, 0.5) is 13.6 Å². The number of benzene rings is 2. The Hall–Kier alpha value is -2.03. The summed E-state index contributed by atoms with van der Waals surface area (Å²) >= 11 is 2.06. The van der Waals surface area contributed by atoms with Gasteiger partial charge in [-0.3, -0.25) is 4.79 Å². The maximum Gasteiger partial charge on any atom is 0.416 e. The number of hydrogen-bond acceptors (Lipinski definition) is 3. The van der Waals surface area contributed by atoms with Crippen molar-refractivity contribution >= 4 is 34.6 Å². The van der Waals surface area contributed by atoms with Crippen LogP contribution in [0.3, 0.4) is 0 Å². The minimum absolute atomic E-state index is 0.151. The van der Waals surface area contributed by atoms with Gasteiger partial charge in [-0.15, -0.1) is 0 Å². The molecule has 1 aliphatic rings. The third-order valence-corrected chi connectivity index (χ3v) is 5.58. The summed E-state index contributed by atoms with van der Waals surface area (Å²) in [6.45, 7) is 0.151. The number of cyclic esters (lactones) is 1. The van der Waals surface area contributed by atoms with E-state index in [1.54, 1.807) is 0 Å². The molecule has 2 amide bonds. The summed E-state index contributed by atoms with van der Waals surface area (Å²) in [5, 5.41) is 0. The number of ether oxygens (including phenoxy) is 1. The molecule has 1 fully saturated rings. The lowest BCUT2D eigenvalue weighted by molar-refractivity contribution is -0.132. The molecular weight excluding hydrogens is 467 g/mol. The van der Waals surface area contributed by atoms with E-state index in [2.05, 4.69) is 22.6 Å². The summed E-state index contributed by atoms with van der Waals surface area (Å²) in [7, 11) is 0. The Bertz CT molecular complexity index is 831. The lowest BCUT2D eigenvalue weighted by Gasteiger charge is -2.24. The molecule has 0 aliphatic carbocycles. The molecule has 0 spiro atoms. The van der Waals surface area contributed by atoms with Crippen LogP contribution in [0.2, 0.25) is 0 Å². The van der Waals surface area contributed by atoms with Gasteiger partial charge in [0.25, 0.3) is 0 Å². The van der Waals surface area contributed by atoms with Crippen LogP contribution in [0.5, 0.6) is 0 Å². The van der Waals surface area contributed by atoms with Gasteiger partial charge in [-0.05, 0) is 36.1 Å². The second-order valence-corrected chi connectivity index (χ2v) is 7.31. The zero-order chi connectivity index (χ0) is 19.4. The van der Waals surface area contributed by atoms with Gasteiger partial charge in [-0.2, -0.15) is 0 Å². The average Bonchev–Trinajstić information content (AvgIpc) is 3.03. The normalized spacial score (nSPS) is 17.7. The van der Waals surface area contributed by atoms with Crippen molar-refractivity contribution in [3.8, 4) is 0 Å². The number of carbonyl (C=O) groups excluding carboxylic acids is 2. The smallest absolute Gasteiger partial charge is 0.416 e. The summed E-state index contributed by atoms with van der Waals surface area (Å²) in [5.41, 5.74) is 1.52. The van der Waals surface area contributed by atoms with E-state index >= 15 is 0 Å². The van der Waals surface area contributed by atoms with Gasteiger partial charge in [0.2, 0.25) is 5.91 Å². The third kappa shape index (κ3) is 4.63. The maximum absolute atomic E-state index is 13.5. The minimum Gasteiger partial charge on any atom is -0.447 e. The number of imide groups is 1. The van der Waals surface area contributed by atoms with Gasteiger partial charge in [-0.25, -0.2) is 18.5 Å². The van der Waals surface area contributed by atoms with Crippen molar-refractivity contribution < 1.29 is 23.1 Å². The molecule has 1 saturated heterocycles. The predicted molar refractivity (Wildman–Crippen MR) is 105 cm³/mol. The molecule has 7 heteroatoms. The van der Waals surface area contributed by atoms with Crippen molar-refractivity contribution in [1.29, 1.82) is 0 Å². The lowest BCUT2D eigenvalue weighted by atomic mass is 9.98. The van der Waals surface area contributed by atoms with Crippen LogP contribution < -0.4 is 0 Å². The van der Waals surface area contributed by atoms with Gasteiger partial charge in [0.15, 0.2) is 11.6 Å². The van der Waals surface area contributed by atoms with Crippen molar-refractivity contribution in [2.75, 3.05) is 11.0 Å². The molecule has 2 atom stereocenters. The second-order valence-electron chi connectivity index (χ2n) is 6.43. The molecule has 1 heterocycles. The first-order chi connectivity index (χ1) is 13.0. The second kappa shape index (κ2) is 8.77. The van der Waals surface area contributed by atoms with E-state index in [-0.39, 0.29) is 25.0 Å². The largest absolute Gasteiger partial charge is 0.447 e. The third-order valence-electron chi connectivity index (χ3n) is 4.51. The van der Waals surface area contributed by atoms with Crippen molar-refractivity contribution in [1.82, 2.24) is 4.90 Å². The fraction of sp³-hybridized carbons (Fsp3) is 0.300. The van der Waals surface area contributed by atoms with Crippen LogP contribution in [0.15, 0.2) is 48.5 Å². The van der Waals surface area contributed by atoms with Crippen LogP contribution >= 0.6 is 22.6 Å². The van der Waals surface area contributed by atoms with Gasteiger partial charge in [0, 0.05) is 4.43 Å². The monoisotopic (exact) mass is 485 g/mol. The highest BCUT2D eigenvalue weighted by molar-refractivity contribution is 14.1. The maximum atomic E-state index is 13.5. The van der Waals surface area contributed by atoms with Gasteiger partial charge in [0.05, 0.1) is 12.0 Å². The molecule has 1 aliphatic heterocycles. The first-order valence-corrected chi connectivity index (χ1v) is 10.1. The molecule has 142 valence electrons. The Balaban J connectivity index is 1.75. The van der Waals surface area contributed by atoms with Crippen molar-refractivity contribution in [3.05, 3.63) is 71.3 Å². The molecule has 0 saturated carbocycles. The number of halogens is 3. The van der Waals surface area contributed by atoms with E-state index in [1.165, 1.54) is 11.0 Å². The minimum atomic E-state index is -0.949. The number of carbonyl (C=O) groups is 2. The van der Waals surface area contributed by atoms with Gasteiger partial charge < -0.3 is 4.74 Å². The Kier molecular flexibility index (Phi) is 6.41. The molecule has 2 aromatic carbocycles. The molecule has 3 rings (SSSR count). The Morgan fingerprint density at radius 2 is 1.89 bits per heavy atom. The molecule has 27 heavy (non-hydrogen) atoms. The van der Waals surface area contributed by atoms with Gasteiger partial charge >= 0.3 is 6.09 Å². The van der Waals surface area contributed by atoms with Gasteiger partial charge in [0.1, 0.15) is 6.61 Å². The van der Waals surface area contributed by atoms with E-state index in [4.69, 9.17) is 4.74 Å². The fourth-order valence-electron chi connectivity index (χ4n) is 3.12. The highest BCUT2D eigenvalue weighted by Crippen LogP contribution is 2.23. The topological polar surface area (TPSA) is 46.6 Å². The fourth-order valence-corrected chi connectivity index (χ4v) is 3.81. The first-order valence-electron chi connectivity index (χ1n) is 8.53. The first kappa shape index (κ1) is 19.7. The number of hydrogen-bond donors (Lipinski definition) is 0. The highest BCUT2D eigenvalue weighted by atomic mass is 127. The molecular formula is C20H18F2INO3. The average molecular weight is 485 g/mol. The van der Waals surface area contributed by atoms with Crippen molar-refractivity contribution in [2.24, 2.45) is 5.92 Å². The number of nitrogens with zero attached hydrogens (tertiary/aromatic N) is 1. The van der Waals surface area contributed by atoms with E-state index < -0.39 is 23.6 Å². The zero-order valence-electron chi connectivity index (χ0n) is 14.4. The summed E-state index contributed by atoms with van der Waals surface area (Å²) in [4.78, 5) is 26.3. The number of alkyl halides is 1. The summed E-state index contributed by atoms with van der Waals surface area (Å²) in [5.74, 6) is -2.76. The molecule has 2 aromatic rings. The highest BCUT2D eigenvalue weighted by Gasteiger charge is 2.40. The molecule has 0 aromatic heterocycles. The quantitative estimate of drug-likeness (QED) is 0.457. The molecule has 0 radical (unpaired) electrons. The summed E-state index contributed by atoms with van der Waals surface area (Å²) in [6.07, 6.45) is 0.0826. The van der Waals surface area contributed by atoms with Crippen LogP contribution in [0.25, 0.3) is 0 Å².